The van der Waals surface area contributed by atoms with Crippen LogP contribution in [0.4, 0.5) is 0 Å². The summed E-state index contributed by atoms with van der Waals surface area (Å²) in [5, 5.41) is 14.0. The van der Waals surface area contributed by atoms with Gasteiger partial charge in [0.1, 0.15) is 5.75 Å². The Morgan fingerprint density at radius 3 is 2.22 bits per heavy atom. The fourth-order valence-corrected chi connectivity index (χ4v) is 2.67. The zero-order chi connectivity index (χ0) is 17.3. The fourth-order valence-electron chi connectivity index (χ4n) is 2.67. The Bertz CT molecular complexity index is 644. The van der Waals surface area contributed by atoms with Crippen LogP contribution in [0.15, 0.2) is 35.1 Å². The van der Waals surface area contributed by atoms with Crippen LogP contribution in [0.25, 0.3) is 0 Å². The maximum absolute atomic E-state index is 10.6. The third kappa shape index (κ3) is 4.38. The number of phenols is 1. The largest absolute Gasteiger partial charge is 0.508 e. The van der Waals surface area contributed by atoms with Gasteiger partial charge in [0, 0.05) is 24.2 Å². The number of phenolic OH excluding ortho intramolecular Hbond substituents is 1. The predicted octanol–water partition coefficient (Wildman–Crippen LogP) is 4.87. The lowest BCUT2D eigenvalue weighted by molar-refractivity contribution is 0.452. The third-order valence-electron chi connectivity index (χ3n) is 4.11. The minimum absolute atomic E-state index is 0.0141. The Hall–Kier alpha value is -1.74. The highest BCUT2D eigenvalue weighted by atomic mass is 16.3. The molecule has 23 heavy (non-hydrogen) atoms. The van der Waals surface area contributed by atoms with Crippen molar-refractivity contribution in [2.45, 2.75) is 65.5 Å². The first kappa shape index (κ1) is 17.6. The van der Waals surface area contributed by atoms with Gasteiger partial charge >= 0.3 is 0 Å². The van der Waals surface area contributed by atoms with E-state index in [0.717, 1.165) is 17.7 Å². The molecular formula is C20H29NO2. The summed E-state index contributed by atoms with van der Waals surface area (Å²) < 4.78 is 5.08. The summed E-state index contributed by atoms with van der Waals surface area (Å²) in [6, 6.07) is 6.10. The molecule has 3 heteroatoms. The molecule has 126 valence electrons. The highest BCUT2D eigenvalue weighted by Crippen LogP contribution is 2.36. The van der Waals surface area contributed by atoms with Crippen molar-refractivity contribution in [2.75, 3.05) is 0 Å². The second-order valence-corrected chi connectivity index (χ2v) is 8.26. The molecule has 3 nitrogen and oxygen atoms in total. The Kier molecular flexibility index (Phi) is 4.90. The van der Waals surface area contributed by atoms with Crippen molar-refractivity contribution in [2.24, 2.45) is 0 Å². The Balaban J connectivity index is 2.30. The summed E-state index contributed by atoms with van der Waals surface area (Å²) in [4.78, 5) is 0. The van der Waals surface area contributed by atoms with Crippen molar-refractivity contribution in [1.29, 1.82) is 0 Å². The molecule has 0 saturated heterocycles. The molecule has 1 heterocycles. The topological polar surface area (TPSA) is 45.4 Å². The average molecular weight is 315 g/mol. The summed E-state index contributed by atoms with van der Waals surface area (Å²) in [7, 11) is 0. The van der Waals surface area contributed by atoms with Crippen molar-refractivity contribution >= 4 is 0 Å². The van der Waals surface area contributed by atoms with Crippen LogP contribution in [0.1, 0.15) is 63.8 Å². The van der Waals surface area contributed by atoms with Gasteiger partial charge in [0.05, 0.1) is 12.5 Å². The lowest BCUT2D eigenvalue weighted by Crippen LogP contribution is -2.21. The van der Waals surface area contributed by atoms with Gasteiger partial charge in [-0.15, -0.1) is 0 Å². The lowest BCUT2D eigenvalue weighted by atomic mass is 9.78. The number of hydrogen-bond acceptors (Lipinski definition) is 3. The quantitative estimate of drug-likeness (QED) is 0.846. The number of rotatable bonds is 4. The van der Waals surface area contributed by atoms with Crippen molar-refractivity contribution in [3.63, 3.8) is 0 Å². The molecule has 2 aromatic rings. The van der Waals surface area contributed by atoms with Gasteiger partial charge in [-0.3, -0.25) is 0 Å². The van der Waals surface area contributed by atoms with E-state index < -0.39 is 0 Å². The van der Waals surface area contributed by atoms with Gasteiger partial charge < -0.3 is 14.8 Å². The van der Waals surface area contributed by atoms with Crippen LogP contribution >= 0.6 is 0 Å². The number of nitrogens with one attached hydrogen (secondary N) is 1. The normalized spacial score (nSPS) is 12.6. The van der Waals surface area contributed by atoms with E-state index >= 15 is 0 Å². The maximum Gasteiger partial charge on any atom is 0.120 e. The van der Waals surface area contributed by atoms with Crippen LogP contribution in [0, 0.1) is 0 Å². The van der Waals surface area contributed by atoms with Crippen molar-refractivity contribution in [3.05, 3.63) is 53.0 Å². The van der Waals surface area contributed by atoms with Crippen LogP contribution in [-0.4, -0.2) is 5.11 Å². The van der Waals surface area contributed by atoms with Gasteiger partial charge in [-0.1, -0.05) is 47.6 Å². The zero-order valence-electron chi connectivity index (χ0n) is 15.2. The van der Waals surface area contributed by atoms with Crippen LogP contribution in [0.5, 0.6) is 5.75 Å². The van der Waals surface area contributed by atoms with Crippen LogP contribution in [-0.2, 0) is 23.9 Å². The second-order valence-electron chi connectivity index (χ2n) is 8.26. The number of aromatic hydroxyl groups is 1. The molecule has 0 aliphatic rings. The first-order chi connectivity index (χ1) is 10.6. The molecule has 0 aliphatic heterocycles. The SMILES string of the molecule is CC(C)(C)c1cc(O)c(CNCc2ccoc2)c(C(C)(C)C)c1. The summed E-state index contributed by atoms with van der Waals surface area (Å²) >= 11 is 0. The average Bonchev–Trinajstić information content (AvgIpc) is 2.90. The first-order valence-corrected chi connectivity index (χ1v) is 8.17. The molecule has 1 aromatic carbocycles. The summed E-state index contributed by atoms with van der Waals surface area (Å²) in [5.41, 5.74) is 4.44. The molecule has 0 saturated carbocycles. The van der Waals surface area contributed by atoms with E-state index in [1.165, 1.54) is 11.1 Å². The molecule has 0 amide bonds. The summed E-state index contributed by atoms with van der Waals surface area (Å²) in [6.07, 6.45) is 3.41. The molecule has 1 aromatic heterocycles. The van der Waals surface area contributed by atoms with E-state index in [-0.39, 0.29) is 10.8 Å². The highest BCUT2D eigenvalue weighted by molar-refractivity contribution is 5.47. The lowest BCUT2D eigenvalue weighted by Gasteiger charge is -2.28. The van der Waals surface area contributed by atoms with Gasteiger partial charge in [0.15, 0.2) is 0 Å². The minimum atomic E-state index is -0.0224. The van der Waals surface area contributed by atoms with Gasteiger partial charge in [-0.05, 0) is 34.1 Å². The molecule has 2 rings (SSSR count). The standard InChI is InChI=1S/C20H29NO2/c1-19(2,3)15-9-17(20(4,5)6)16(18(22)10-15)12-21-11-14-7-8-23-13-14/h7-10,13,21-22H,11-12H2,1-6H3. The first-order valence-electron chi connectivity index (χ1n) is 8.17. The number of benzene rings is 1. The third-order valence-corrected chi connectivity index (χ3v) is 4.11. The highest BCUT2D eigenvalue weighted by Gasteiger charge is 2.24. The molecule has 2 N–H and O–H groups in total. The monoisotopic (exact) mass is 315 g/mol. The number of furan rings is 1. The molecule has 0 aliphatic carbocycles. The molecular weight excluding hydrogens is 286 g/mol. The summed E-state index contributed by atoms with van der Waals surface area (Å²) in [5.74, 6) is 0.377. The number of hydrogen-bond donors (Lipinski definition) is 2. The van der Waals surface area contributed by atoms with Gasteiger partial charge in [0.2, 0.25) is 0 Å². The molecule has 0 spiro atoms. The summed E-state index contributed by atoms with van der Waals surface area (Å²) in [6.45, 7) is 14.4. The van der Waals surface area contributed by atoms with E-state index in [1.807, 2.05) is 12.1 Å². The zero-order valence-corrected chi connectivity index (χ0v) is 15.2. The van der Waals surface area contributed by atoms with Gasteiger partial charge in [-0.2, -0.15) is 0 Å². The van der Waals surface area contributed by atoms with Gasteiger partial charge in [0.25, 0.3) is 0 Å². The van der Waals surface area contributed by atoms with Crippen molar-refractivity contribution < 1.29 is 9.52 Å². The second kappa shape index (κ2) is 6.40. The van der Waals surface area contributed by atoms with E-state index in [9.17, 15) is 5.11 Å². The van der Waals surface area contributed by atoms with Crippen molar-refractivity contribution in [3.8, 4) is 5.75 Å². The molecule has 0 radical (unpaired) electrons. The van der Waals surface area contributed by atoms with E-state index in [1.54, 1.807) is 12.5 Å². The molecule has 0 atom stereocenters. The molecule has 0 fully saturated rings. The smallest absolute Gasteiger partial charge is 0.120 e. The predicted molar refractivity (Wildman–Crippen MR) is 94.8 cm³/mol. The minimum Gasteiger partial charge on any atom is -0.508 e. The Labute approximate surface area is 139 Å². The Morgan fingerprint density at radius 1 is 1.00 bits per heavy atom. The van der Waals surface area contributed by atoms with Crippen LogP contribution in [0.3, 0.4) is 0 Å². The van der Waals surface area contributed by atoms with E-state index in [0.29, 0.717) is 12.3 Å². The molecule has 0 bridgehead atoms. The van der Waals surface area contributed by atoms with Crippen LogP contribution < -0.4 is 5.32 Å². The molecule has 0 unspecified atom stereocenters. The Morgan fingerprint density at radius 2 is 1.70 bits per heavy atom. The van der Waals surface area contributed by atoms with Crippen molar-refractivity contribution in [1.82, 2.24) is 5.32 Å². The fraction of sp³-hybridized carbons (Fsp3) is 0.500. The maximum atomic E-state index is 10.6. The van der Waals surface area contributed by atoms with E-state index in [4.69, 9.17) is 4.42 Å². The van der Waals surface area contributed by atoms with E-state index in [2.05, 4.69) is 52.9 Å². The van der Waals surface area contributed by atoms with Gasteiger partial charge in [-0.25, -0.2) is 0 Å². The van der Waals surface area contributed by atoms with Crippen LogP contribution in [0.2, 0.25) is 0 Å².